The van der Waals surface area contributed by atoms with Crippen molar-refractivity contribution in [2.75, 3.05) is 6.61 Å². The first kappa shape index (κ1) is 15.3. The van der Waals surface area contributed by atoms with E-state index in [4.69, 9.17) is 10.5 Å². The third-order valence-corrected chi connectivity index (χ3v) is 3.22. The molecule has 1 aromatic carbocycles. The number of aromatic amines is 1. The molecule has 21 heavy (non-hydrogen) atoms. The fourth-order valence-electron chi connectivity index (χ4n) is 1.97. The van der Waals surface area contributed by atoms with E-state index >= 15 is 0 Å². The number of benzene rings is 1. The maximum absolute atomic E-state index is 11.5. The highest BCUT2D eigenvalue weighted by atomic mass is 16.5. The van der Waals surface area contributed by atoms with E-state index in [-0.39, 0.29) is 11.6 Å². The van der Waals surface area contributed by atoms with Crippen LogP contribution in [0, 0.1) is 0 Å². The average molecular weight is 287 g/mol. The summed E-state index contributed by atoms with van der Waals surface area (Å²) in [6.45, 7) is 4.37. The van der Waals surface area contributed by atoms with Gasteiger partial charge in [-0.15, -0.1) is 0 Å². The van der Waals surface area contributed by atoms with Crippen molar-refractivity contribution < 1.29 is 4.74 Å². The normalized spacial score (nSPS) is 12.1. The van der Waals surface area contributed by atoms with Crippen LogP contribution in [0.2, 0.25) is 0 Å². The van der Waals surface area contributed by atoms with Crippen LogP contribution < -0.4 is 16.0 Å². The molecule has 1 heterocycles. The molecule has 112 valence electrons. The summed E-state index contributed by atoms with van der Waals surface area (Å²) in [7, 11) is 0. The molecule has 0 fully saturated rings. The predicted octanol–water partition coefficient (Wildman–Crippen LogP) is 1.97. The van der Waals surface area contributed by atoms with Gasteiger partial charge in [-0.05, 0) is 31.0 Å². The summed E-state index contributed by atoms with van der Waals surface area (Å²) in [5.41, 5.74) is 7.45. The third-order valence-electron chi connectivity index (χ3n) is 3.22. The minimum absolute atomic E-state index is 0.181. The van der Waals surface area contributed by atoms with Gasteiger partial charge in [0.15, 0.2) is 0 Å². The summed E-state index contributed by atoms with van der Waals surface area (Å²) in [6.07, 6.45) is 1.54. The van der Waals surface area contributed by atoms with Crippen LogP contribution >= 0.6 is 0 Å². The highest BCUT2D eigenvalue weighted by Gasteiger charge is 2.05. The number of aromatic nitrogens is 2. The SMILES string of the molecule is CCc1ccc(OCCc2nc(C(C)N)cc(=O)[nH]2)cc1. The minimum atomic E-state index is -0.256. The zero-order chi connectivity index (χ0) is 15.2. The van der Waals surface area contributed by atoms with Gasteiger partial charge in [-0.1, -0.05) is 19.1 Å². The average Bonchev–Trinajstić information content (AvgIpc) is 2.47. The van der Waals surface area contributed by atoms with E-state index in [1.807, 2.05) is 24.3 Å². The van der Waals surface area contributed by atoms with Crippen LogP contribution in [0.4, 0.5) is 0 Å². The molecule has 0 saturated heterocycles. The fraction of sp³-hybridized carbons (Fsp3) is 0.375. The molecule has 0 radical (unpaired) electrons. The van der Waals surface area contributed by atoms with Crippen LogP contribution in [0.15, 0.2) is 35.1 Å². The van der Waals surface area contributed by atoms with Crippen LogP contribution in [0.5, 0.6) is 5.75 Å². The molecule has 0 saturated carbocycles. The van der Waals surface area contributed by atoms with E-state index in [2.05, 4.69) is 16.9 Å². The Morgan fingerprint density at radius 1 is 1.33 bits per heavy atom. The molecule has 1 aromatic heterocycles. The van der Waals surface area contributed by atoms with E-state index in [1.54, 1.807) is 6.92 Å². The van der Waals surface area contributed by atoms with E-state index < -0.39 is 0 Å². The molecule has 0 aliphatic rings. The monoisotopic (exact) mass is 287 g/mol. The lowest BCUT2D eigenvalue weighted by Crippen LogP contribution is -2.18. The molecule has 0 amide bonds. The molecular weight excluding hydrogens is 266 g/mol. The number of aryl methyl sites for hydroxylation is 1. The predicted molar refractivity (Wildman–Crippen MR) is 82.5 cm³/mol. The summed E-state index contributed by atoms with van der Waals surface area (Å²) >= 11 is 0. The summed E-state index contributed by atoms with van der Waals surface area (Å²) in [4.78, 5) is 18.6. The molecular formula is C16H21N3O2. The number of H-pyrrole nitrogens is 1. The summed E-state index contributed by atoms with van der Waals surface area (Å²) in [5.74, 6) is 1.41. The Morgan fingerprint density at radius 2 is 2.05 bits per heavy atom. The molecule has 0 bridgehead atoms. The Bertz CT molecular complexity index is 633. The molecule has 2 rings (SSSR count). The Morgan fingerprint density at radius 3 is 2.67 bits per heavy atom. The number of rotatable bonds is 6. The van der Waals surface area contributed by atoms with E-state index in [0.29, 0.717) is 24.5 Å². The summed E-state index contributed by atoms with van der Waals surface area (Å²) < 4.78 is 5.66. The number of nitrogens with zero attached hydrogens (tertiary/aromatic N) is 1. The van der Waals surface area contributed by atoms with E-state index in [9.17, 15) is 4.79 Å². The van der Waals surface area contributed by atoms with Gasteiger partial charge in [0, 0.05) is 18.5 Å². The van der Waals surface area contributed by atoms with Crippen LogP contribution in [0.3, 0.4) is 0 Å². The van der Waals surface area contributed by atoms with Gasteiger partial charge in [0.2, 0.25) is 0 Å². The number of hydrogen-bond donors (Lipinski definition) is 2. The maximum Gasteiger partial charge on any atom is 0.251 e. The zero-order valence-electron chi connectivity index (χ0n) is 12.4. The first-order valence-corrected chi connectivity index (χ1v) is 7.16. The van der Waals surface area contributed by atoms with Gasteiger partial charge in [-0.25, -0.2) is 4.98 Å². The number of hydrogen-bond acceptors (Lipinski definition) is 4. The van der Waals surface area contributed by atoms with Crippen molar-refractivity contribution in [2.45, 2.75) is 32.7 Å². The Kier molecular flexibility index (Phi) is 5.11. The van der Waals surface area contributed by atoms with Crippen molar-refractivity contribution in [2.24, 2.45) is 5.73 Å². The van der Waals surface area contributed by atoms with Crippen LogP contribution in [-0.2, 0) is 12.8 Å². The molecule has 0 aliphatic carbocycles. The molecule has 2 aromatic rings. The maximum atomic E-state index is 11.5. The molecule has 0 aliphatic heterocycles. The van der Waals surface area contributed by atoms with E-state index in [1.165, 1.54) is 11.6 Å². The lowest BCUT2D eigenvalue weighted by atomic mass is 10.2. The van der Waals surface area contributed by atoms with Gasteiger partial charge < -0.3 is 15.5 Å². The molecule has 0 spiro atoms. The molecule has 1 unspecified atom stereocenters. The number of nitrogens with one attached hydrogen (secondary N) is 1. The van der Waals surface area contributed by atoms with Crippen molar-refractivity contribution >= 4 is 0 Å². The van der Waals surface area contributed by atoms with Gasteiger partial charge in [-0.2, -0.15) is 0 Å². The van der Waals surface area contributed by atoms with Crippen LogP contribution in [0.1, 0.15) is 37.0 Å². The summed E-state index contributed by atoms with van der Waals surface area (Å²) in [5, 5.41) is 0. The van der Waals surface area contributed by atoms with Crippen LogP contribution in [-0.4, -0.2) is 16.6 Å². The topological polar surface area (TPSA) is 81.0 Å². The van der Waals surface area contributed by atoms with Crippen molar-refractivity contribution in [3.05, 3.63) is 57.8 Å². The summed E-state index contributed by atoms with van der Waals surface area (Å²) in [6, 6.07) is 9.17. The van der Waals surface area contributed by atoms with Crippen LogP contribution in [0.25, 0.3) is 0 Å². The van der Waals surface area contributed by atoms with Gasteiger partial charge in [0.25, 0.3) is 5.56 Å². The Hall–Kier alpha value is -2.14. The van der Waals surface area contributed by atoms with Gasteiger partial charge in [0.1, 0.15) is 11.6 Å². The zero-order valence-corrected chi connectivity index (χ0v) is 12.4. The smallest absolute Gasteiger partial charge is 0.251 e. The third kappa shape index (κ3) is 4.43. The van der Waals surface area contributed by atoms with Crippen molar-refractivity contribution in [1.29, 1.82) is 0 Å². The van der Waals surface area contributed by atoms with E-state index in [0.717, 1.165) is 12.2 Å². The number of ether oxygens (including phenoxy) is 1. The molecule has 3 N–H and O–H groups in total. The van der Waals surface area contributed by atoms with Gasteiger partial charge in [-0.3, -0.25) is 4.79 Å². The quantitative estimate of drug-likeness (QED) is 0.851. The highest BCUT2D eigenvalue weighted by Crippen LogP contribution is 2.12. The molecule has 5 heteroatoms. The molecule has 1 atom stereocenters. The lowest BCUT2D eigenvalue weighted by molar-refractivity contribution is 0.318. The highest BCUT2D eigenvalue weighted by molar-refractivity contribution is 5.27. The number of nitrogens with two attached hydrogens (primary N) is 1. The first-order valence-electron chi connectivity index (χ1n) is 7.16. The Labute approximate surface area is 124 Å². The van der Waals surface area contributed by atoms with Crippen molar-refractivity contribution in [1.82, 2.24) is 9.97 Å². The Balaban J connectivity index is 1.95. The van der Waals surface area contributed by atoms with Gasteiger partial charge in [0.05, 0.1) is 12.3 Å². The largest absolute Gasteiger partial charge is 0.493 e. The van der Waals surface area contributed by atoms with Crippen molar-refractivity contribution in [3.8, 4) is 5.75 Å². The second-order valence-electron chi connectivity index (χ2n) is 5.00. The molecule has 5 nitrogen and oxygen atoms in total. The van der Waals surface area contributed by atoms with Gasteiger partial charge >= 0.3 is 0 Å². The first-order chi connectivity index (χ1) is 10.1. The minimum Gasteiger partial charge on any atom is -0.493 e. The van der Waals surface area contributed by atoms with Crippen molar-refractivity contribution in [3.63, 3.8) is 0 Å². The second-order valence-corrected chi connectivity index (χ2v) is 5.00. The standard InChI is InChI=1S/C16H21N3O2/c1-3-12-4-6-13(7-5-12)21-9-8-15-18-14(11(2)17)10-16(20)19-15/h4-7,10-11H,3,8-9,17H2,1-2H3,(H,18,19,20). The second kappa shape index (κ2) is 7.04. The fourth-order valence-corrected chi connectivity index (χ4v) is 1.97. The lowest BCUT2D eigenvalue weighted by Gasteiger charge is -2.08.